The van der Waals surface area contributed by atoms with Gasteiger partial charge in [-0.1, -0.05) is 51.4 Å². The quantitative estimate of drug-likeness (QED) is 0.741. The molecule has 140 valence electrons. The smallest absolute Gasteiger partial charge is 0.253 e. The van der Waals surface area contributed by atoms with Gasteiger partial charge in [-0.05, 0) is 30.4 Å². The maximum Gasteiger partial charge on any atom is 0.253 e. The van der Waals surface area contributed by atoms with Gasteiger partial charge in [0.25, 0.3) is 5.91 Å². The lowest BCUT2D eigenvalue weighted by atomic mass is 10.00. The molecule has 0 aliphatic carbocycles. The van der Waals surface area contributed by atoms with Crippen LogP contribution < -0.4 is 11.1 Å². The normalized spacial score (nSPS) is 13.6. The fourth-order valence-corrected chi connectivity index (χ4v) is 2.62. The van der Waals surface area contributed by atoms with Crippen LogP contribution in [0.15, 0.2) is 24.3 Å². The van der Waals surface area contributed by atoms with Crippen molar-refractivity contribution >= 4 is 23.4 Å². The summed E-state index contributed by atoms with van der Waals surface area (Å²) < 4.78 is 0. The van der Waals surface area contributed by atoms with Crippen molar-refractivity contribution in [3.8, 4) is 0 Å². The van der Waals surface area contributed by atoms with Crippen LogP contribution in [-0.2, 0) is 4.79 Å². The van der Waals surface area contributed by atoms with Gasteiger partial charge in [-0.2, -0.15) is 0 Å². The van der Waals surface area contributed by atoms with Gasteiger partial charge in [-0.25, -0.2) is 0 Å². The third kappa shape index (κ3) is 6.33. The molecule has 2 unspecified atom stereocenters. The Balaban J connectivity index is 2.77. The van der Waals surface area contributed by atoms with E-state index in [2.05, 4.69) is 19.2 Å². The number of halogens is 1. The van der Waals surface area contributed by atoms with Crippen LogP contribution in [0.4, 0.5) is 0 Å². The molecule has 0 aliphatic heterocycles. The fourth-order valence-electron chi connectivity index (χ4n) is 2.40. The number of amides is 2. The Morgan fingerprint density at radius 2 is 1.76 bits per heavy atom. The molecular formula is C19H30ClN3O2. The summed E-state index contributed by atoms with van der Waals surface area (Å²) in [5, 5.41) is 3.19. The first kappa shape index (κ1) is 21.5. The van der Waals surface area contributed by atoms with Crippen LogP contribution >= 0.6 is 11.6 Å². The van der Waals surface area contributed by atoms with Crippen molar-refractivity contribution in [2.45, 2.75) is 46.2 Å². The number of likely N-dealkylation sites (N-methyl/N-ethyl adjacent to an activating group) is 1. The van der Waals surface area contributed by atoms with Crippen LogP contribution in [0, 0.1) is 11.8 Å². The van der Waals surface area contributed by atoms with Gasteiger partial charge in [0.05, 0.1) is 10.6 Å². The van der Waals surface area contributed by atoms with E-state index in [-0.39, 0.29) is 23.8 Å². The van der Waals surface area contributed by atoms with E-state index in [0.717, 1.165) is 6.42 Å². The highest BCUT2D eigenvalue weighted by Gasteiger charge is 2.28. The second-order valence-corrected chi connectivity index (χ2v) is 7.54. The molecule has 6 heteroatoms. The number of nitrogens with two attached hydrogens (primary N) is 1. The van der Waals surface area contributed by atoms with Crippen molar-refractivity contribution in [1.82, 2.24) is 10.2 Å². The minimum atomic E-state index is -0.607. The molecule has 0 saturated heterocycles. The largest absolute Gasteiger partial charge is 0.344 e. The second kappa shape index (κ2) is 9.78. The summed E-state index contributed by atoms with van der Waals surface area (Å²) in [5.41, 5.74) is 6.42. The third-order valence-electron chi connectivity index (χ3n) is 4.37. The maximum absolute atomic E-state index is 12.8. The lowest BCUT2D eigenvalue weighted by Gasteiger charge is -2.28. The van der Waals surface area contributed by atoms with Gasteiger partial charge in [-0.15, -0.1) is 0 Å². The number of hydrogen-bond acceptors (Lipinski definition) is 3. The summed E-state index contributed by atoms with van der Waals surface area (Å²) in [6.45, 7) is 8.50. The van der Waals surface area contributed by atoms with E-state index in [1.54, 1.807) is 36.2 Å². The predicted molar refractivity (Wildman–Crippen MR) is 103 cm³/mol. The van der Waals surface area contributed by atoms with Gasteiger partial charge in [0.2, 0.25) is 5.91 Å². The van der Waals surface area contributed by atoms with Gasteiger partial charge in [0, 0.05) is 19.6 Å². The Morgan fingerprint density at radius 3 is 2.28 bits per heavy atom. The minimum absolute atomic E-state index is 0.0415. The Kier molecular flexibility index (Phi) is 8.39. The third-order valence-corrected chi connectivity index (χ3v) is 4.70. The highest BCUT2D eigenvalue weighted by Crippen LogP contribution is 2.16. The standard InChI is InChI=1S/C19H30ClN3O2/c1-12(2)16(21)10-11-23(5)19(25)17(13(3)4)22-18(24)14-8-6-7-9-15(14)20/h6-9,12-13,16-17H,10-11,21H2,1-5H3,(H,22,24). The topological polar surface area (TPSA) is 75.4 Å². The van der Waals surface area contributed by atoms with Crippen LogP contribution in [0.25, 0.3) is 0 Å². The molecule has 0 spiro atoms. The number of benzene rings is 1. The molecule has 0 heterocycles. The molecule has 1 aromatic rings. The highest BCUT2D eigenvalue weighted by molar-refractivity contribution is 6.33. The fraction of sp³-hybridized carbons (Fsp3) is 0.579. The van der Waals surface area contributed by atoms with Gasteiger partial charge < -0.3 is 16.0 Å². The molecule has 3 N–H and O–H groups in total. The highest BCUT2D eigenvalue weighted by atomic mass is 35.5. The van der Waals surface area contributed by atoms with Gasteiger partial charge in [0.1, 0.15) is 6.04 Å². The first-order chi connectivity index (χ1) is 11.6. The number of nitrogens with zero attached hydrogens (tertiary/aromatic N) is 1. The summed E-state index contributed by atoms with van der Waals surface area (Å²) >= 11 is 6.07. The van der Waals surface area contributed by atoms with E-state index in [1.165, 1.54) is 0 Å². The van der Waals surface area contributed by atoms with Crippen molar-refractivity contribution in [1.29, 1.82) is 0 Å². The van der Waals surface area contributed by atoms with E-state index >= 15 is 0 Å². The lowest BCUT2D eigenvalue weighted by Crippen LogP contribution is -2.50. The number of carbonyl (C=O) groups excluding carboxylic acids is 2. The molecule has 5 nitrogen and oxygen atoms in total. The average Bonchev–Trinajstić information content (AvgIpc) is 2.56. The summed E-state index contributed by atoms with van der Waals surface area (Å²) in [6, 6.07) is 6.24. The van der Waals surface area contributed by atoms with Gasteiger partial charge in [0.15, 0.2) is 0 Å². The SMILES string of the molecule is CC(C)C(N)CCN(C)C(=O)C(NC(=O)c1ccccc1Cl)C(C)C. The average molecular weight is 368 g/mol. The van der Waals surface area contributed by atoms with Gasteiger partial charge in [-0.3, -0.25) is 9.59 Å². The van der Waals surface area contributed by atoms with Crippen molar-refractivity contribution in [3.05, 3.63) is 34.9 Å². The molecule has 2 amide bonds. The van der Waals surface area contributed by atoms with Crippen LogP contribution in [0.2, 0.25) is 5.02 Å². The van der Waals surface area contributed by atoms with Gasteiger partial charge >= 0.3 is 0 Å². The Labute approximate surface area is 155 Å². The summed E-state index contributed by atoms with van der Waals surface area (Å²) in [5.74, 6) is -0.138. The summed E-state index contributed by atoms with van der Waals surface area (Å²) in [4.78, 5) is 26.9. The van der Waals surface area contributed by atoms with Crippen LogP contribution in [-0.4, -0.2) is 42.4 Å². The number of carbonyl (C=O) groups is 2. The first-order valence-corrected chi connectivity index (χ1v) is 9.08. The van der Waals surface area contributed by atoms with E-state index in [0.29, 0.717) is 23.0 Å². The number of rotatable bonds is 8. The van der Waals surface area contributed by atoms with E-state index in [1.807, 2.05) is 13.8 Å². The van der Waals surface area contributed by atoms with Crippen LogP contribution in [0.1, 0.15) is 44.5 Å². The first-order valence-electron chi connectivity index (χ1n) is 8.71. The van der Waals surface area contributed by atoms with Crippen molar-refractivity contribution in [2.24, 2.45) is 17.6 Å². The molecular weight excluding hydrogens is 338 g/mol. The summed E-state index contributed by atoms with van der Waals surface area (Å²) in [6.07, 6.45) is 0.725. The number of hydrogen-bond donors (Lipinski definition) is 2. The molecule has 2 atom stereocenters. The molecule has 1 aromatic carbocycles. The monoisotopic (exact) mass is 367 g/mol. The molecule has 25 heavy (non-hydrogen) atoms. The molecule has 1 rings (SSSR count). The maximum atomic E-state index is 12.8. The minimum Gasteiger partial charge on any atom is -0.344 e. The zero-order chi connectivity index (χ0) is 19.1. The Morgan fingerprint density at radius 1 is 1.16 bits per heavy atom. The lowest BCUT2D eigenvalue weighted by molar-refractivity contribution is -0.133. The molecule has 0 fully saturated rings. The Bertz CT molecular complexity index is 590. The van der Waals surface area contributed by atoms with Crippen molar-refractivity contribution < 1.29 is 9.59 Å². The molecule has 0 saturated carbocycles. The van der Waals surface area contributed by atoms with E-state index in [9.17, 15) is 9.59 Å². The summed E-state index contributed by atoms with van der Waals surface area (Å²) in [7, 11) is 1.74. The zero-order valence-electron chi connectivity index (χ0n) is 15.8. The predicted octanol–water partition coefficient (Wildman–Crippen LogP) is 2.93. The van der Waals surface area contributed by atoms with Crippen molar-refractivity contribution in [3.63, 3.8) is 0 Å². The second-order valence-electron chi connectivity index (χ2n) is 7.13. The number of nitrogens with one attached hydrogen (secondary N) is 1. The van der Waals surface area contributed by atoms with Crippen LogP contribution in [0.3, 0.4) is 0 Å². The molecule has 0 radical (unpaired) electrons. The van der Waals surface area contributed by atoms with Crippen LogP contribution in [0.5, 0.6) is 0 Å². The zero-order valence-corrected chi connectivity index (χ0v) is 16.5. The van der Waals surface area contributed by atoms with Crippen molar-refractivity contribution in [2.75, 3.05) is 13.6 Å². The molecule has 0 bridgehead atoms. The van der Waals surface area contributed by atoms with E-state index < -0.39 is 6.04 Å². The molecule has 0 aromatic heterocycles. The van der Waals surface area contributed by atoms with E-state index in [4.69, 9.17) is 17.3 Å². The Hall–Kier alpha value is -1.59. The molecule has 0 aliphatic rings.